The maximum absolute atomic E-state index is 12.9. The van der Waals surface area contributed by atoms with Crippen LogP contribution >= 0.6 is 0 Å². The number of carbonyl (C=O) groups excluding carboxylic acids is 1. The molecule has 1 aliphatic rings. The van der Waals surface area contributed by atoms with Crippen LogP contribution in [-0.2, 0) is 6.54 Å². The highest BCUT2D eigenvalue weighted by molar-refractivity contribution is 5.97. The summed E-state index contributed by atoms with van der Waals surface area (Å²) in [4.78, 5) is 14.3. The Morgan fingerprint density at radius 2 is 1.90 bits per heavy atom. The van der Waals surface area contributed by atoms with Crippen LogP contribution in [0.3, 0.4) is 0 Å². The number of nitrogens with zero attached hydrogens (tertiary/aromatic N) is 1. The molecular weight excluding hydrogens is 269 g/mol. The van der Waals surface area contributed by atoms with Crippen LogP contribution in [0.25, 0.3) is 0 Å². The van der Waals surface area contributed by atoms with Gasteiger partial charge in [-0.1, -0.05) is 18.2 Å². The molecule has 0 aromatic heterocycles. The van der Waals surface area contributed by atoms with Crippen LogP contribution in [0.15, 0.2) is 48.5 Å². The summed E-state index contributed by atoms with van der Waals surface area (Å²) in [5.41, 5.74) is 1.62. The molecule has 3 nitrogen and oxygen atoms in total. The largest absolute Gasteiger partial charge is 0.492 e. The van der Waals surface area contributed by atoms with Crippen LogP contribution in [0, 0.1) is 5.82 Å². The van der Waals surface area contributed by atoms with E-state index in [9.17, 15) is 9.18 Å². The number of benzene rings is 2. The minimum absolute atomic E-state index is 0.00520. The van der Waals surface area contributed by atoms with Gasteiger partial charge >= 0.3 is 0 Å². The molecule has 21 heavy (non-hydrogen) atoms. The fourth-order valence-corrected chi connectivity index (χ4v) is 2.45. The fourth-order valence-electron chi connectivity index (χ4n) is 2.45. The van der Waals surface area contributed by atoms with Crippen LogP contribution in [0.4, 0.5) is 4.39 Å². The highest BCUT2D eigenvalue weighted by atomic mass is 19.1. The van der Waals surface area contributed by atoms with Gasteiger partial charge in [-0.3, -0.25) is 9.69 Å². The third kappa shape index (κ3) is 3.28. The number of ether oxygens (including phenoxy) is 1. The molecule has 108 valence electrons. The van der Waals surface area contributed by atoms with Crippen LogP contribution < -0.4 is 4.74 Å². The van der Waals surface area contributed by atoms with Gasteiger partial charge in [0.05, 0.1) is 6.54 Å². The van der Waals surface area contributed by atoms with Crippen molar-refractivity contribution in [2.45, 2.75) is 6.54 Å². The fraction of sp³-hybridized carbons (Fsp3) is 0.235. The Morgan fingerprint density at radius 3 is 2.71 bits per heavy atom. The molecule has 1 heterocycles. The average Bonchev–Trinajstić information content (AvgIpc) is 2.69. The monoisotopic (exact) mass is 285 g/mol. The normalized spacial score (nSPS) is 14.9. The van der Waals surface area contributed by atoms with E-state index in [0.29, 0.717) is 31.8 Å². The minimum Gasteiger partial charge on any atom is -0.492 e. The highest BCUT2D eigenvalue weighted by Gasteiger charge is 2.18. The first-order valence-electron chi connectivity index (χ1n) is 6.94. The van der Waals surface area contributed by atoms with E-state index in [1.54, 1.807) is 0 Å². The summed E-state index contributed by atoms with van der Waals surface area (Å²) in [6.45, 7) is 2.25. The molecule has 0 fully saturated rings. The van der Waals surface area contributed by atoms with E-state index in [0.717, 1.165) is 11.3 Å². The molecule has 0 amide bonds. The van der Waals surface area contributed by atoms with Gasteiger partial charge in [0.15, 0.2) is 5.78 Å². The molecule has 2 aromatic carbocycles. The lowest BCUT2D eigenvalue weighted by molar-refractivity contribution is 0.0921. The van der Waals surface area contributed by atoms with Gasteiger partial charge in [0.1, 0.15) is 18.2 Å². The molecule has 0 N–H and O–H groups in total. The predicted octanol–water partition coefficient (Wildman–Crippen LogP) is 2.90. The van der Waals surface area contributed by atoms with Crippen molar-refractivity contribution in [2.75, 3.05) is 19.7 Å². The maximum Gasteiger partial charge on any atom is 0.176 e. The topological polar surface area (TPSA) is 29.5 Å². The summed E-state index contributed by atoms with van der Waals surface area (Å²) in [6, 6.07) is 13.5. The molecule has 0 atom stereocenters. The van der Waals surface area contributed by atoms with E-state index in [2.05, 4.69) is 4.90 Å². The van der Waals surface area contributed by atoms with Crippen molar-refractivity contribution in [1.29, 1.82) is 0 Å². The van der Waals surface area contributed by atoms with E-state index >= 15 is 0 Å². The first-order valence-corrected chi connectivity index (χ1v) is 6.94. The zero-order valence-electron chi connectivity index (χ0n) is 11.6. The lowest BCUT2D eigenvalue weighted by atomic mass is 10.1. The number of halogens is 1. The number of rotatable bonds is 3. The number of para-hydroxylation sites is 1. The Labute approximate surface area is 123 Å². The Hall–Kier alpha value is -2.20. The predicted molar refractivity (Wildman–Crippen MR) is 77.9 cm³/mol. The molecule has 0 saturated heterocycles. The molecule has 0 bridgehead atoms. The Kier molecular flexibility index (Phi) is 3.97. The second-order valence-electron chi connectivity index (χ2n) is 5.10. The zero-order valence-corrected chi connectivity index (χ0v) is 11.6. The lowest BCUT2D eigenvalue weighted by Gasteiger charge is -2.18. The van der Waals surface area contributed by atoms with Crippen molar-refractivity contribution in [1.82, 2.24) is 4.90 Å². The molecule has 2 aromatic rings. The van der Waals surface area contributed by atoms with E-state index in [1.165, 1.54) is 24.3 Å². The molecule has 0 radical (unpaired) electrons. The maximum atomic E-state index is 12.9. The van der Waals surface area contributed by atoms with Crippen LogP contribution in [0.2, 0.25) is 0 Å². The van der Waals surface area contributed by atoms with Crippen molar-refractivity contribution in [3.63, 3.8) is 0 Å². The first-order chi connectivity index (χ1) is 10.2. The SMILES string of the molecule is O=C(CN1CCOc2ccccc2C1)c1ccc(F)cc1. The van der Waals surface area contributed by atoms with Gasteiger partial charge in [0, 0.05) is 24.2 Å². The first kappa shape index (κ1) is 13.8. The van der Waals surface area contributed by atoms with Gasteiger partial charge in [-0.05, 0) is 30.3 Å². The molecule has 0 unspecified atom stereocenters. The molecule has 0 aliphatic carbocycles. The molecule has 0 spiro atoms. The van der Waals surface area contributed by atoms with E-state index in [-0.39, 0.29) is 11.6 Å². The van der Waals surface area contributed by atoms with Crippen molar-refractivity contribution in [2.24, 2.45) is 0 Å². The summed E-state index contributed by atoms with van der Waals surface area (Å²) in [7, 11) is 0. The number of ketones is 1. The minimum atomic E-state index is -0.330. The van der Waals surface area contributed by atoms with Crippen molar-refractivity contribution < 1.29 is 13.9 Å². The van der Waals surface area contributed by atoms with Gasteiger partial charge in [0.2, 0.25) is 0 Å². The summed E-state index contributed by atoms with van der Waals surface area (Å²) < 4.78 is 18.6. The smallest absolute Gasteiger partial charge is 0.176 e. The Bertz CT molecular complexity index is 639. The average molecular weight is 285 g/mol. The van der Waals surface area contributed by atoms with Gasteiger partial charge < -0.3 is 4.74 Å². The molecular formula is C17H16FNO2. The molecule has 3 rings (SSSR count). The van der Waals surface area contributed by atoms with Gasteiger partial charge in [-0.25, -0.2) is 4.39 Å². The van der Waals surface area contributed by atoms with Gasteiger partial charge in [-0.2, -0.15) is 0 Å². The Morgan fingerprint density at radius 1 is 1.14 bits per heavy atom. The van der Waals surface area contributed by atoms with Crippen LogP contribution in [0.5, 0.6) is 5.75 Å². The summed E-state index contributed by atoms with van der Waals surface area (Å²) in [5.74, 6) is 0.548. The molecule has 0 saturated carbocycles. The quantitative estimate of drug-likeness (QED) is 0.812. The van der Waals surface area contributed by atoms with Gasteiger partial charge in [0.25, 0.3) is 0 Å². The van der Waals surface area contributed by atoms with Gasteiger partial charge in [-0.15, -0.1) is 0 Å². The van der Waals surface area contributed by atoms with Crippen molar-refractivity contribution >= 4 is 5.78 Å². The third-order valence-corrected chi connectivity index (χ3v) is 3.57. The second-order valence-corrected chi connectivity index (χ2v) is 5.10. The van der Waals surface area contributed by atoms with Crippen LogP contribution in [0.1, 0.15) is 15.9 Å². The summed E-state index contributed by atoms with van der Waals surface area (Å²) >= 11 is 0. The lowest BCUT2D eigenvalue weighted by Crippen LogP contribution is -2.31. The standard InChI is InChI=1S/C17H16FNO2/c18-15-7-5-13(6-8-15)16(20)12-19-9-10-21-17-4-2-1-3-14(17)11-19/h1-8H,9-12H2. The Balaban J connectivity index is 1.70. The zero-order chi connectivity index (χ0) is 14.7. The van der Waals surface area contributed by atoms with E-state index in [4.69, 9.17) is 4.74 Å². The number of fused-ring (bicyclic) bond motifs is 1. The molecule has 1 aliphatic heterocycles. The number of hydrogen-bond donors (Lipinski definition) is 0. The summed E-state index contributed by atoms with van der Waals surface area (Å²) in [5, 5.41) is 0. The molecule has 4 heteroatoms. The van der Waals surface area contributed by atoms with Crippen molar-refractivity contribution in [3.8, 4) is 5.75 Å². The van der Waals surface area contributed by atoms with E-state index < -0.39 is 0 Å². The summed E-state index contributed by atoms with van der Waals surface area (Å²) in [6.07, 6.45) is 0. The number of Topliss-reactive ketones (excluding diaryl/α,β-unsaturated/α-hetero) is 1. The van der Waals surface area contributed by atoms with E-state index in [1.807, 2.05) is 24.3 Å². The third-order valence-electron chi connectivity index (χ3n) is 3.57. The number of carbonyl (C=O) groups is 1. The van der Waals surface area contributed by atoms with Crippen molar-refractivity contribution in [3.05, 3.63) is 65.5 Å². The second kappa shape index (κ2) is 6.06. The highest BCUT2D eigenvalue weighted by Crippen LogP contribution is 2.22. The van der Waals surface area contributed by atoms with Crippen LogP contribution in [-0.4, -0.2) is 30.4 Å². The number of hydrogen-bond acceptors (Lipinski definition) is 3.